The van der Waals surface area contributed by atoms with Crippen molar-refractivity contribution in [2.75, 3.05) is 5.32 Å². The zero-order valence-electron chi connectivity index (χ0n) is 9.21. The van der Waals surface area contributed by atoms with Gasteiger partial charge < -0.3 is 5.32 Å². The van der Waals surface area contributed by atoms with Crippen LogP contribution in [0, 0.1) is 17.0 Å². The Morgan fingerprint density at radius 3 is 3.06 bits per heavy atom. The topological polar surface area (TPSA) is 68.1 Å². The van der Waals surface area contributed by atoms with Gasteiger partial charge in [0, 0.05) is 16.6 Å². The normalized spacial score (nSPS) is 10.2. The molecule has 0 bridgehead atoms. The van der Waals surface area contributed by atoms with Gasteiger partial charge in [0.15, 0.2) is 0 Å². The fraction of sp³-hybridized carbons (Fsp3) is 0.182. The Balaban J connectivity index is 2.11. The molecule has 0 amide bonds. The molecule has 0 aliphatic heterocycles. The number of pyridine rings is 1. The van der Waals surface area contributed by atoms with Gasteiger partial charge >= 0.3 is 0 Å². The Kier molecular flexibility index (Phi) is 3.34. The minimum Gasteiger partial charge on any atom is -0.365 e. The lowest BCUT2D eigenvalue weighted by Crippen LogP contribution is -2.01. The predicted octanol–water partition coefficient (Wildman–Crippen LogP) is 2.97. The average molecular weight is 249 g/mol. The van der Waals surface area contributed by atoms with E-state index in [0.717, 1.165) is 4.88 Å². The summed E-state index contributed by atoms with van der Waals surface area (Å²) in [4.78, 5) is 15.6. The largest absolute Gasteiger partial charge is 0.365 e. The van der Waals surface area contributed by atoms with Crippen LogP contribution in [0.25, 0.3) is 0 Å². The molecular weight excluding hydrogens is 238 g/mol. The van der Waals surface area contributed by atoms with E-state index in [1.54, 1.807) is 18.3 Å². The van der Waals surface area contributed by atoms with Crippen LogP contribution in [0.3, 0.4) is 0 Å². The van der Waals surface area contributed by atoms with E-state index in [4.69, 9.17) is 0 Å². The number of nitrogens with one attached hydrogen (secondary N) is 1. The van der Waals surface area contributed by atoms with Gasteiger partial charge in [0.25, 0.3) is 5.69 Å². The first-order valence-corrected chi connectivity index (χ1v) is 5.92. The molecule has 0 fully saturated rings. The zero-order valence-corrected chi connectivity index (χ0v) is 10.0. The predicted molar refractivity (Wildman–Crippen MR) is 67.3 cm³/mol. The maximum absolute atomic E-state index is 10.8. The number of nitro groups is 1. The van der Waals surface area contributed by atoms with Gasteiger partial charge in [-0.15, -0.1) is 11.3 Å². The van der Waals surface area contributed by atoms with Crippen LogP contribution < -0.4 is 5.32 Å². The zero-order chi connectivity index (χ0) is 12.3. The lowest BCUT2D eigenvalue weighted by atomic mass is 10.2. The summed E-state index contributed by atoms with van der Waals surface area (Å²) >= 11 is 1.63. The van der Waals surface area contributed by atoms with E-state index in [1.165, 1.54) is 12.3 Å². The van der Waals surface area contributed by atoms with E-state index in [-0.39, 0.29) is 5.69 Å². The molecule has 0 spiro atoms. The lowest BCUT2D eigenvalue weighted by molar-refractivity contribution is -0.385. The van der Waals surface area contributed by atoms with E-state index < -0.39 is 4.92 Å². The summed E-state index contributed by atoms with van der Waals surface area (Å²) in [6.45, 7) is 2.30. The van der Waals surface area contributed by atoms with Crippen molar-refractivity contribution in [2.24, 2.45) is 0 Å². The first-order chi connectivity index (χ1) is 8.16. The number of hydrogen-bond donors (Lipinski definition) is 1. The average Bonchev–Trinajstić information content (AvgIpc) is 2.80. The van der Waals surface area contributed by atoms with Crippen molar-refractivity contribution >= 4 is 22.8 Å². The quantitative estimate of drug-likeness (QED) is 0.668. The number of rotatable bonds is 4. The fourth-order valence-corrected chi connectivity index (χ4v) is 2.04. The molecule has 2 heterocycles. The highest BCUT2D eigenvalue weighted by Gasteiger charge is 2.11. The van der Waals surface area contributed by atoms with Gasteiger partial charge in [-0.25, -0.2) is 4.98 Å². The van der Waals surface area contributed by atoms with E-state index in [1.807, 2.05) is 17.5 Å². The molecule has 0 unspecified atom stereocenters. The third kappa shape index (κ3) is 2.79. The van der Waals surface area contributed by atoms with Crippen LogP contribution in [-0.4, -0.2) is 9.91 Å². The molecule has 0 saturated heterocycles. The second kappa shape index (κ2) is 4.92. The summed E-state index contributed by atoms with van der Waals surface area (Å²) in [5.41, 5.74) is 0.658. The first kappa shape index (κ1) is 11.5. The van der Waals surface area contributed by atoms with Crippen molar-refractivity contribution in [1.82, 2.24) is 4.98 Å². The molecule has 17 heavy (non-hydrogen) atoms. The summed E-state index contributed by atoms with van der Waals surface area (Å²) in [7, 11) is 0. The Bertz CT molecular complexity index is 526. The second-order valence-corrected chi connectivity index (χ2v) is 4.58. The monoisotopic (exact) mass is 249 g/mol. The van der Waals surface area contributed by atoms with Gasteiger partial charge in [-0.3, -0.25) is 10.1 Å². The number of anilines is 1. The highest BCUT2D eigenvalue weighted by molar-refractivity contribution is 7.09. The van der Waals surface area contributed by atoms with Crippen molar-refractivity contribution in [3.8, 4) is 0 Å². The van der Waals surface area contributed by atoms with Gasteiger partial charge in [0.2, 0.25) is 0 Å². The molecule has 2 aromatic heterocycles. The van der Waals surface area contributed by atoms with Crippen molar-refractivity contribution in [3.63, 3.8) is 0 Å². The van der Waals surface area contributed by atoms with Crippen LogP contribution in [-0.2, 0) is 6.54 Å². The molecule has 88 valence electrons. The summed E-state index contributed by atoms with van der Waals surface area (Å²) in [6.07, 6.45) is 1.51. The summed E-state index contributed by atoms with van der Waals surface area (Å²) < 4.78 is 0. The number of aryl methyl sites for hydroxylation is 1. The smallest absolute Gasteiger partial charge is 0.277 e. The first-order valence-electron chi connectivity index (χ1n) is 5.04. The van der Waals surface area contributed by atoms with Crippen LogP contribution in [0.4, 0.5) is 11.5 Å². The molecule has 0 atom stereocenters. The molecule has 2 aromatic rings. The fourth-order valence-electron chi connectivity index (χ4n) is 1.40. The molecule has 0 aromatic carbocycles. The van der Waals surface area contributed by atoms with E-state index in [9.17, 15) is 10.1 Å². The number of thiophene rings is 1. The highest BCUT2D eigenvalue weighted by Crippen LogP contribution is 2.20. The van der Waals surface area contributed by atoms with E-state index in [0.29, 0.717) is 17.9 Å². The summed E-state index contributed by atoms with van der Waals surface area (Å²) in [5.74, 6) is 0.524. The summed E-state index contributed by atoms with van der Waals surface area (Å²) in [6, 6.07) is 5.43. The Labute approximate surface area is 102 Å². The number of aromatic nitrogens is 1. The Hall–Kier alpha value is -1.95. The number of nitrogens with zero attached hydrogens (tertiary/aromatic N) is 2. The molecule has 0 aliphatic rings. The molecule has 0 saturated carbocycles. The maximum Gasteiger partial charge on any atom is 0.277 e. The summed E-state index contributed by atoms with van der Waals surface area (Å²) in [5, 5.41) is 15.8. The minimum atomic E-state index is -0.396. The highest BCUT2D eigenvalue weighted by atomic mass is 32.1. The molecule has 0 aliphatic carbocycles. The van der Waals surface area contributed by atoms with Crippen molar-refractivity contribution in [3.05, 3.63) is 50.3 Å². The third-order valence-corrected chi connectivity index (χ3v) is 3.17. The van der Waals surface area contributed by atoms with Crippen LogP contribution in [0.1, 0.15) is 10.4 Å². The van der Waals surface area contributed by atoms with Crippen molar-refractivity contribution in [1.29, 1.82) is 0 Å². The van der Waals surface area contributed by atoms with Crippen LogP contribution in [0.5, 0.6) is 0 Å². The van der Waals surface area contributed by atoms with Gasteiger partial charge in [0.1, 0.15) is 5.82 Å². The Morgan fingerprint density at radius 2 is 2.41 bits per heavy atom. The third-order valence-electron chi connectivity index (χ3n) is 2.30. The van der Waals surface area contributed by atoms with Crippen molar-refractivity contribution < 1.29 is 4.92 Å². The molecule has 5 nitrogen and oxygen atoms in total. The van der Waals surface area contributed by atoms with Crippen LogP contribution >= 0.6 is 11.3 Å². The van der Waals surface area contributed by atoms with Crippen LogP contribution in [0.15, 0.2) is 29.8 Å². The Morgan fingerprint density at radius 1 is 1.59 bits per heavy atom. The van der Waals surface area contributed by atoms with Gasteiger partial charge in [-0.1, -0.05) is 6.07 Å². The lowest BCUT2D eigenvalue weighted by Gasteiger charge is -2.04. The SMILES string of the molecule is Cc1cnc(NCc2cccs2)cc1[N+](=O)[O-]. The van der Waals surface area contributed by atoms with Gasteiger partial charge in [0.05, 0.1) is 17.5 Å². The van der Waals surface area contributed by atoms with Gasteiger partial charge in [-0.05, 0) is 18.4 Å². The molecule has 0 radical (unpaired) electrons. The van der Waals surface area contributed by atoms with Crippen molar-refractivity contribution in [2.45, 2.75) is 13.5 Å². The maximum atomic E-state index is 10.8. The number of hydrogen-bond acceptors (Lipinski definition) is 5. The van der Waals surface area contributed by atoms with Crippen LogP contribution in [0.2, 0.25) is 0 Å². The molecular formula is C11H11N3O2S. The molecule has 1 N–H and O–H groups in total. The molecule has 2 rings (SSSR count). The van der Waals surface area contributed by atoms with E-state index in [2.05, 4.69) is 10.3 Å². The van der Waals surface area contributed by atoms with Gasteiger partial charge in [-0.2, -0.15) is 0 Å². The molecule has 6 heteroatoms. The standard InChI is InChI=1S/C11H11N3O2S/c1-8-6-12-11(5-10(8)14(15)16)13-7-9-3-2-4-17-9/h2-6H,7H2,1H3,(H,12,13). The van der Waals surface area contributed by atoms with E-state index >= 15 is 0 Å². The second-order valence-electron chi connectivity index (χ2n) is 3.55. The minimum absolute atomic E-state index is 0.0914.